The van der Waals surface area contributed by atoms with Crippen molar-refractivity contribution in [2.75, 3.05) is 0 Å². The Morgan fingerprint density at radius 1 is 0.842 bits per heavy atom. The third-order valence-corrected chi connectivity index (χ3v) is 4.25. The van der Waals surface area contributed by atoms with E-state index in [1.54, 1.807) is 24.3 Å². The summed E-state index contributed by atoms with van der Waals surface area (Å²) < 4.78 is 0. The fourth-order valence-electron chi connectivity index (χ4n) is 1.65. The molecule has 2 aromatic carbocycles. The molecule has 1 nitrogen and oxygen atoms in total. The Labute approximate surface area is 135 Å². The lowest BCUT2D eigenvalue weighted by Gasteiger charge is -2.12. The van der Waals surface area contributed by atoms with Crippen LogP contribution in [0.1, 0.15) is 10.4 Å². The van der Waals surface area contributed by atoms with Gasteiger partial charge in [0.25, 0.3) is 5.24 Å². The van der Waals surface area contributed by atoms with E-state index < -0.39 is 5.24 Å². The largest absolute Gasteiger partial charge is 0.276 e. The lowest BCUT2D eigenvalue weighted by atomic mass is 10.0. The first-order valence-corrected chi connectivity index (χ1v) is 6.94. The van der Waals surface area contributed by atoms with Crippen LogP contribution in [0.25, 0.3) is 11.1 Å². The molecule has 0 aromatic heterocycles. The average Bonchev–Trinajstić information content (AvgIpc) is 2.36. The van der Waals surface area contributed by atoms with Gasteiger partial charge in [0.05, 0.1) is 25.7 Å². The molecule has 6 heteroatoms. The maximum atomic E-state index is 11.3. The molecule has 98 valence electrons. The molecule has 2 rings (SSSR count). The first kappa shape index (κ1) is 15.0. The van der Waals surface area contributed by atoms with Crippen LogP contribution >= 0.6 is 58.0 Å². The summed E-state index contributed by atoms with van der Waals surface area (Å²) in [6.07, 6.45) is 0. The van der Waals surface area contributed by atoms with Crippen LogP contribution < -0.4 is 0 Å². The van der Waals surface area contributed by atoms with Crippen molar-refractivity contribution in [3.05, 3.63) is 56.0 Å². The van der Waals surface area contributed by atoms with Crippen molar-refractivity contribution in [3.8, 4) is 11.1 Å². The first-order chi connectivity index (χ1) is 8.93. The molecule has 0 spiro atoms. The molecule has 19 heavy (non-hydrogen) atoms. The molecule has 0 N–H and O–H groups in total. The quantitative estimate of drug-likeness (QED) is 0.454. The van der Waals surface area contributed by atoms with E-state index in [-0.39, 0.29) is 15.6 Å². The SMILES string of the molecule is O=C(Cl)c1cccc(-c2c(Cl)ccc(Cl)c2Cl)c1Cl. The Morgan fingerprint density at radius 3 is 2.11 bits per heavy atom. The lowest BCUT2D eigenvalue weighted by Crippen LogP contribution is -1.93. The van der Waals surface area contributed by atoms with Gasteiger partial charge in [0.2, 0.25) is 0 Å². The Bertz CT molecular complexity index is 666. The highest BCUT2D eigenvalue weighted by atomic mass is 35.5. The number of halogens is 5. The molecular formula is C13H5Cl5O. The summed E-state index contributed by atoms with van der Waals surface area (Å²) in [7, 11) is 0. The van der Waals surface area contributed by atoms with Gasteiger partial charge in [0.1, 0.15) is 0 Å². The number of carbonyl (C=O) groups is 1. The van der Waals surface area contributed by atoms with E-state index in [9.17, 15) is 4.79 Å². The van der Waals surface area contributed by atoms with Crippen molar-refractivity contribution in [2.24, 2.45) is 0 Å². The van der Waals surface area contributed by atoms with Crippen LogP contribution in [0.3, 0.4) is 0 Å². The van der Waals surface area contributed by atoms with E-state index in [1.165, 1.54) is 6.07 Å². The highest BCUT2D eigenvalue weighted by Gasteiger charge is 2.18. The zero-order chi connectivity index (χ0) is 14.2. The normalized spacial score (nSPS) is 10.6. The van der Waals surface area contributed by atoms with Gasteiger partial charge in [-0.3, -0.25) is 4.79 Å². The van der Waals surface area contributed by atoms with Crippen LogP contribution in [-0.2, 0) is 0 Å². The number of hydrogen-bond donors (Lipinski definition) is 0. The van der Waals surface area contributed by atoms with Gasteiger partial charge in [-0.25, -0.2) is 0 Å². The van der Waals surface area contributed by atoms with Gasteiger partial charge in [-0.1, -0.05) is 58.5 Å². The topological polar surface area (TPSA) is 17.1 Å². The molecule has 0 aliphatic rings. The van der Waals surface area contributed by atoms with Crippen LogP contribution in [0, 0.1) is 0 Å². The van der Waals surface area contributed by atoms with Gasteiger partial charge in [-0.05, 0) is 29.8 Å². The second-order valence-corrected chi connectivity index (χ2v) is 5.57. The number of carbonyl (C=O) groups excluding carboxylic acids is 1. The van der Waals surface area contributed by atoms with Crippen LogP contribution in [0.2, 0.25) is 20.1 Å². The molecule has 0 radical (unpaired) electrons. The molecule has 0 bridgehead atoms. The van der Waals surface area contributed by atoms with Gasteiger partial charge >= 0.3 is 0 Å². The van der Waals surface area contributed by atoms with Gasteiger partial charge in [0.15, 0.2) is 0 Å². The minimum Gasteiger partial charge on any atom is -0.276 e. The Balaban J connectivity index is 2.77. The second kappa shape index (κ2) is 5.90. The van der Waals surface area contributed by atoms with Crippen molar-refractivity contribution >= 4 is 63.2 Å². The molecule has 0 heterocycles. The Hall–Kier alpha value is -0.440. The predicted molar refractivity (Wildman–Crippen MR) is 82.1 cm³/mol. The maximum absolute atomic E-state index is 11.3. The van der Waals surface area contributed by atoms with Gasteiger partial charge in [0, 0.05) is 11.1 Å². The molecule has 0 fully saturated rings. The lowest BCUT2D eigenvalue weighted by molar-refractivity contribution is 0.108. The molecule has 0 saturated carbocycles. The van der Waals surface area contributed by atoms with Crippen molar-refractivity contribution in [2.45, 2.75) is 0 Å². The molecule has 2 aromatic rings. The summed E-state index contributed by atoms with van der Waals surface area (Å²) in [5.41, 5.74) is 1.17. The van der Waals surface area contributed by atoms with Crippen molar-refractivity contribution in [3.63, 3.8) is 0 Å². The van der Waals surface area contributed by atoms with E-state index >= 15 is 0 Å². The summed E-state index contributed by atoms with van der Waals surface area (Å²) in [4.78, 5) is 11.3. The molecule has 0 unspecified atom stereocenters. The van der Waals surface area contributed by atoms with E-state index in [2.05, 4.69) is 0 Å². The summed E-state index contributed by atoms with van der Waals surface area (Å²) in [5, 5.41) is 0.542. The summed E-state index contributed by atoms with van der Waals surface area (Å²) in [5.74, 6) is 0. The van der Waals surface area contributed by atoms with Gasteiger partial charge in [-0.2, -0.15) is 0 Å². The van der Waals surface area contributed by atoms with Gasteiger partial charge in [-0.15, -0.1) is 0 Å². The number of benzene rings is 2. The zero-order valence-corrected chi connectivity index (χ0v) is 13.0. The summed E-state index contributed by atoms with van der Waals surface area (Å²) in [6, 6.07) is 8.05. The number of hydrogen-bond acceptors (Lipinski definition) is 1. The smallest absolute Gasteiger partial charge is 0.253 e. The average molecular weight is 354 g/mol. The third kappa shape index (κ3) is 2.86. The second-order valence-electron chi connectivity index (χ2n) is 3.66. The standard InChI is InChI=1S/C13H5Cl5O/c14-8-4-5-9(15)12(17)10(8)6-2-1-3-7(11(6)16)13(18)19/h1-5H. The van der Waals surface area contributed by atoms with E-state index in [0.717, 1.165) is 0 Å². The van der Waals surface area contributed by atoms with Crippen LogP contribution in [-0.4, -0.2) is 5.24 Å². The molecule has 0 atom stereocenters. The van der Waals surface area contributed by atoms with E-state index in [0.29, 0.717) is 21.2 Å². The van der Waals surface area contributed by atoms with Crippen molar-refractivity contribution < 1.29 is 4.79 Å². The molecule has 0 saturated heterocycles. The maximum Gasteiger partial charge on any atom is 0.253 e. The highest BCUT2D eigenvalue weighted by Crippen LogP contribution is 2.42. The molecule has 0 aliphatic heterocycles. The minimum absolute atomic E-state index is 0.188. The van der Waals surface area contributed by atoms with E-state index in [1.807, 2.05) is 0 Å². The predicted octanol–water partition coefficient (Wildman–Crippen LogP) is 6.35. The first-order valence-electron chi connectivity index (χ1n) is 5.05. The zero-order valence-electron chi connectivity index (χ0n) is 9.18. The summed E-state index contributed by atoms with van der Waals surface area (Å²) in [6.45, 7) is 0. The Morgan fingerprint density at radius 2 is 1.47 bits per heavy atom. The molecular weight excluding hydrogens is 349 g/mol. The fourth-order valence-corrected chi connectivity index (χ4v) is 2.89. The van der Waals surface area contributed by atoms with Crippen molar-refractivity contribution in [1.82, 2.24) is 0 Å². The molecule has 0 amide bonds. The monoisotopic (exact) mass is 352 g/mol. The van der Waals surface area contributed by atoms with Crippen LogP contribution in [0.5, 0.6) is 0 Å². The van der Waals surface area contributed by atoms with Crippen LogP contribution in [0.15, 0.2) is 30.3 Å². The minimum atomic E-state index is -0.652. The fraction of sp³-hybridized carbons (Fsp3) is 0. The van der Waals surface area contributed by atoms with Crippen molar-refractivity contribution in [1.29, 1.82) is 0 Å². The number of rotatable bonds is 2. The third-order valence-electron chi connectivity index (χ3n) is 2.52. The van der Waals surface area contributed by atoms with Crippen LogP contribution in [0.4, 0.5) is 0 Å². The van der Waals surface area contributed by atoms with E-state index in [4.69, 9.17) is 58.0 Å². The Kier molecular flexibility index (Phi) is 4.65. The van der Waals surface area contributed by atoms with Gasteiger partial charge < -0.3 is 0 Å². The summed E-state index contributed by atoms with van der Waals surface area (Å²) >= 11 is 29.9. The molecule has 0 aliphatic carbocycles. The highest BCUT2D eigenvalue weighted by molar-refractivity contribution is 6.69.